The molecule has 3 rings (SSSR count). The molecule has 1 aliphatic heterocycles. The summed E-state index contributed by atoms with van der Waals surface area (Å²) < 4.78 is 5.39. The molecule has 112 valence electrons. The number of amides is 2. The molecule has 0 spiro atoms. The van der Waals surface area contributed by atoms with Crippen LogP contribution >= 0.6 is 0 Å². The molecule has 1 saturated heterocycles. The molecule has 6 nitrogen and oxygen atoms in total. The summed E-state index contributed by atoms with van der Waals surface area (Å²) in [5.41, 5.74) is 5.89. The molecule has 2 saturated carbocycles. The Labute approximate surface area is 119 Å². The van der Waals surface area contributed by atoms with E-state index in [0.717, 1.165) is 32.1 Å². The first-order valence-corrected chi connectivity index (χ1v) is 7.59. The van der Waals surface area contributed by atoms with Crippen molar-refractivity contribution < 1.29 is 14.3 Å². The monoisotopic (exact) mass is 281 g/mol. The number of nitrogens with one attached hydrogen (secondary N) is 1. The topological polar surface area (TPSA) is 84.7 Å². The fourth-order valence-corrected chi connectivity index (χ4v) is 3.08. The Morgan fingerprint density at radius 1 is 1.20 bits per heavy atom. The fraction of sp³-hybridized carbons (Fsp3) is 0.857. The van der Waals surface area contributed by atoms with Gasteiger partial charge in [0.15, 0.2) is 0 Å². The van der Waals surface area contributed by atoms with Crippen LogP contribution in [0.15, 0.2) is 0 Å². The Morgan fingerprint density at radius 2 is 2.00 bits per heavy atom. The second-order valence-corrected chi connectivity index (χ2v) is 6.18. The summed E-state index contributed by atoms with van der Waals surface area (Å²) >= 11 is 0. The molecule has 0 aromatic rings. The molecular formula is C14H23N3O3. The number of rotatable bonds is 3. The van der Waals surface area contributed by atoms with Gasteiger partial charge < -0.3 is 20.7 Å². The van der Waals surface area contributed by atoms with E-state index in [4.69, 9.17) is 10.5 Å². The van der Waals surface area contributed by atoms with Crippen molar-refractivity contribution >= 4 is 11.8 Å². The number of carbonyl (C=O) groups excluding carboxylic acids is 2. The van der Waals surface area contributed by atoms with Crippen molar-refractivity contribution in [2.75, 3.05) is 19.8 Å². The number of ether oxygens (including phenoxy) is 1. The summed E-state index contributed by atoms with van der Waals surface area (Å²) in [5, 5.41) is 2.97. The van der Waals surface area contributed by atoms with Gasteiger partial charge in [-0.1, -0.05) is 0 Å². The van der Waals surface area contributed by atoms with Gasteiger partial charge in [0.1, 0.15) is 6.04 Å². The maximum absolute atomic E-state index is 12.6. The van der Waals surface area contributed by atoms with Gasteiger partial charge in [0.2, 0.25) is 11.8 Å². The highest BCUT2D eigenvalue weighted by Crippen LogP contribution is 2.27. The van der Waals surface area contributed by atoms with Crippen LogP contribution in [0.25, 0.3) is 0 Å². The minimum absolute atomic E-state index is 0.0145. The van der Waals surface area contributed by atoms with Gasteiger partial charge in [-0.05, 0) is 32.1 Å². The minimum Gasteiger partial charge on any atom is -0.377 e. The second kappa shape index (κ2) is 5.69. The summed E-state index contributed by atoms with van der Waals surface area (Å²) in [6.45, 7) is 1.33. The van der Waals surface area contributed by atoms with Gasteiger partial charge in [-0.2, -0.15) is 0 Å². The molecule has 0 aromatic heterocycles. The van der Waals surface area contributed by atoms with Crippen molar-refractivity contribution in [1.82, 2.24) is 10.2 Å². The van der Waals surface area contributed by atoms with E-state index in [-0.39, 0.29) is 23.8 Å². The average molecular weight is 281 g/mol. The van der Waals surface area contributed by atoms with Gasteiger partial charge in [-0.25, -0.2) is 0 Å². The summed E-state index contributed by atoms with van der Waals surface area (Å²) in [6, 6.07) is -0.0290. The van der Waals surface area contributed by atoms with Crippen molar-refractivity contribution in [1.29, 1.82) is 0 Å². The lowest BCUT2D eigenvalue weighted by molar-refractivity contribution is -0.151. The maximum atomic E-state index is 12.6. The van der Waals surface area contributed by atoms with Crippen molar-refractivity contribution in [2.45, 2.75) is 50.2 Å². The van der Waals surface area contributed by atoms with Crippen LogP contribution in [0.5, 0.6) is 0 Å². The lowest BCUT2D eigenvalue weighted by Gasteiger charge is -2.36. The Morgan fingerprint density at radius 3 is 2.65 bits per heavy atom. The van der Waals surface area contributed by atoms with Gasteiger partial charge in [-0.3, -0.25) is 9.59 Å². The summed E-state index contributed by atoms with van der Waals surface area (Å²) in [6.07, 6.45) is 4.58. The fourth-order valence-electron chi connectivity index (χ4n) is 3.08. The first kappa shape index (κ1) is 13.8. The predicted molar refractivity (Wildman–Crippen MR) is 72.8 cm³/mol. The van der Waals surface area contributed by atoms with Gasteiger partial charge >= 0.3 is 0 Å². The number of morpholine rings is 1. The lowest BCUT2D eigenvalue weighted by Crippen LogP contribution is -2.57. The SMILES string of the molecule is NC1CCC(C(=O)N2CCOCC2C(=O)NC2CC2)C1. The molecule has 6 heteroatoms. The van der Waals surface area contributed by atoms with Crippen molar-refractivity contribution in [3.05, 3.63) is 0 Å². The first-order valence-electron chi connectivity index (χ1n) is 7.59. The van der Waals surface area contributed by atoms with E-state index in [2.05, 4.69) is 5.32 Å². The second-order valence-electron chi connectivity index (χ2n) is 6.18. The summed E-state index contributed by atoms with van der Waals surface area (Å²) in [4.78, 5) is 26.5. The van der Waals surface area contributed by atoms with Crippen molar-refractivity contribution in [2.24, 2.45) is 11.7 Å². The zero-order valence-corrected chi connectivity index (χ0v) is 11.7. The van der Waals surface area contributed by atoms with Crippen LogP contribution in [0, 0.1) is 5.92 Å². The van der Waals surface area contributed by atoms with Crippen LogP contribution in [-0.2, 0) is 14.3 Å². The van der Waals surface area contributed by atoms with Gasteiger partial charge in [-0.15, -0.1) is 0 Å². The van der Waals surface area contributed by atoms with Gasteiger partial charge in [0.25, 0.3) is 0 Å². The summed E-state index contributed by atoms with van der Waals surface area (Å²) in [7, 11) is 0. The van der Waals surface area contributed by atoms with E-state index in [0.29, 0.717) is 25.8 Å². The Hall–Kier alpha value is -1.14. The zero-order chi connectivity index (χ0) is 14.1. The molecule has 3 unspecified atom stereocenters. The van der Waals surface area contributed by atoms with Crippen molar-refractivity contribution in [3.8, 4) is 0 Å². The van der Waals surface area contributed by atoms with E-state index in [9.17, 15) is 9.59 Å². The minimum atomic E-state index is -0.464. The van der Waals surface area contributed by atoms with Gasteiger partial charge in [0.05, 0.1) is 13.2 Å². The van der Waals surface area contributed by atoms with Crippen LogP contribution < -0.4 is 11.1 Å². The highest BCUT2D eigenvalue weighted by molar-refractivity contribution is 5.89. The largest absolute Gasteiger partial charge is 0.377 e. The normalized spacial score (nSPS) is 34.0. The Kier molecular flexibility index (Phi) is 3.94. The maximum Gasteiger partial charge on any atom is 0.245 e. The van der Waals surface area contributed by atoms with E-state index >= 15 is 0 Å². The third-order valence-electron chi connectivity index (χ3n) is 4.46. The molecule has 3 fully saturated rings. The predicted octanol–water partition coefficient (Wildman–Crippen LogP) is -0.380. The highest BCUT2D eigenvalue weighted by Gasteiger charge is 2.39. The molecule has 0 bridgehead atoms. The van der Waals surface area contributed by atoms with Crippen LogP contribution in [0.2, 0.25) is 0 Å². The molecule has 3 aliphatic rings. The van der Waals surface area contributed by atoms with Crippen LogP contribution in [0.4, 0.5) is 0 Å². The number of nitrogens with two attached hydrogens (primary N) is 1. The molecule has 2 aliphatic carbocycles. The third kappa shape index (κ3) is 2.96. The molecule has 3 atom stereocenters. The molecule has 0 radical (unpaired) electrons. The van der Waals surface area contributed by atoms with E-state index in [1.807, 2.05) is 0 Å². The average Bonchev–Trinajstić information content (AvgIpc) is 3.16. The van der Waals surface area contributed by atoms with Crippen LogP contribution in [0.1, 0.15) is 32.1 Å². The smallest absolute Gasteiger partial charge is 0.245 e. The highest BCUT2D eigenvalue weighted by atomic mass is 16.5. The Bertz CT molecular complexity index is 397. The number of nitrogens with zero attached hydrogens (tertiary/aromatic N) is 1. The molecule has 1 heterocycles. The van der Waals surface area contributed by atoms with Crippen molar-refractivity contribution in [3.63, 3.8) is 0 Å². The van der Waals surface area contributed by atoms with Crippen LogP contribution in [-0.4, -0.2) is 54.6 Å². The molecule has 0 aromatic carbocycles. The molecule has 20 heavy (non-hydrogen) atoms. The van der Waals surface area contributed by atoms with Gasteiger partial charge in [0, 0.05) is 24.5 Å². The number of carbonyl (C=O) groups is 2. The van der Waals surface area contributed by atoms with E-state index in [1.165, 1.54) is 0 Å². The molecular weight excluding hydrogens is 258 g/mol. The number of hydrogen-bond donors (Lipinski definition) is 2. The summed E-state index contributed by atoms with van der Waals surface area (Å²) in [5.74, 6) is -0.000586. The Balaban J connectivity index is 1.64. The van der Waals surface area contributed by atoms with Crippen LogP contribution in [0.3, 0.4) is 0 Å². The lowest BCUT2D eigenvalue weighted by atomic mass is 10.0. The zero-order valence-electron chi connectivity index (χ0n) is 11.7. The quantitative estimate of drug-likeness (QED) is 0.738. The first-order chi connectivity index (χ1) is 9.65. The molecule has 2 amide bonds. The third-order valence-corrected chi connectivity index (χ3v) is 4.46. The van der Waals surface area contributed by atoms with E-state index < -0.39 is 6.04 Å². The standard InChI is InChI=1S/C14H23N3O3/c15-10-2-1-9(7-10)14(19)17-5-6-20-8-12(17)13(18)16-11-3-4-11/h9-12H,1-8,15H2,(H,16,18). The van der Waals surface area contributed by atoms with E-state index in [1.54, 1.807) is 4.90 Å². The number of hydrogen-bond acceptors (Lipinski definition) is 4. The molecule has 3 N–H and O–H groups in total.